The lowest BCUT2D eigenvalue weighted by atomic mass is 10.1. The standard InChI is InChI=1S/C19H24N4O4/c1-12-20-7-14(21-12)9-22-10-15-18(11-22)27-19(24)23(15)8-13-4-5-16(25-2)17(6-13)26-3/h4-7,15,18H,8-11H2,1-3H3,(H,20,21)/t15-,18+/m0/s1. The first-order chi connectivity index (χ1) is 13.1. The summed E-state index contributed by atoms with van der Waals surface area (Å²) >= 11 is 0. The molecule has 0 radical (unpaired) electrons. The number of carbonyl (C=O) groups is 1. The molecule has 2 aromatic rings. The van der Waals surface area contributed by atoms with Crippen molar-refractivity contribution < 1.29 is 19.0 Å². The smallest absolute Gasteiger partial charge is 0.410 e. The quantitative estimate of drug-likeness (QED) is 0.835. The molecule has 1 aromatic carbocycles. The van der Waals surface area contributed by atoms with E-state index in [2.05, 4.69) is 14.9 Å². The van der Waals surface area contributed by atoms with E-state index in [-0.39, 0.29) is 18.2 Å². The van der Waals surface area contributed by atoms with Crippen molar-refractivity contribution in [3.05, 3.63) is 41.5 Å². The Kier molecular flexibility index (Phi) is 4.65. The van der Waals surface area contributed by atoms with Gasteiger partial charge in [-0.1, -0.05) is 6.07 Å². The number of fused-ring (bicyclic) bond motifs is 1. The van der Waals surface area contributed by atoms with Crippen LogP contribution in [0.25, 0.3) is 0 Å². The summed E-state index contributed by atoms with van der Waals surface area (Å²) in [5.74, 6) is 2.23. The van der Waals surface area contributed by atoms with Gasteiger partial charge in [-0.05, 0) is 24.6 Å². The highest BCUT2D eigenvalue weighted by molar-refractivity contribution is 5.71. The van der Waals surface area contributed by atoms with Crippen LogP contribution >= 0.6 is 0 Å². The van der Waals surface area contributed by atoms with Crippen LogP contribution in [-0.4, -0.2) is 65.3 Å². The molecule has 0 unspecified atom stereocenters. The zero-order chi connectivity index (χ0) is 19.0. The van der Waals surface area contributed by atoms with Gasteiger partial charge in [-0.3, -0.25) is 9.80 Å². The largest absolute Gasteiger partial charge is 0.493 e. The molecule has 2 fully saturated rings. The van der Waals surface area contributed by atoms with Crippen LogP contribution in [0, 0.1) is 6.92 Å². The molecular weight excluding hydrogens is 348 g/mol. The van der Waals surface area contributed by atoms with E-state index in [1.165, 1.54) is 0 Å². The van der Waals surface area contributed by atoms with Gasteiger partial charge >= 0.3 is 6.09 Å². The van der Waals surface area contributed by atoms with Crippen molar-refractivity contribution in [3.63, 3.8) is 0 Å². The van der Waals surface area contributed by atoms with E-state index in [1.807, 2.05) is 36.2 Å². The van der Waals surface area contributed by atoms with E-state index in [4.69, 9.17) is 14.2 Å². The van der Waals surface area contributed by atoms with Crippen LogP contribution in [-0.2, 0) is 17.8 Å². The zero-order valence-electron chi connectivity index (χ0n) is 15.8. The summed E-state index contributed by atoms with van der Waals surface area (Å²) in [5.41, 5.74) is 2.05. The molecule has 0 spiro atoms. The molecule has 2 saturated heterocycles. The Morgan fingerprint density at radius 1 is 1.22 bits per heavy atom. The van der Waals surface area contributed by atoms with E-state index in [9.17, 15) is 4.79 Å². The zero-order valence-corrected chi connectivity index (χ0v) is 15.8. The van der Waals surface area contributed by atoms with Crippen LogP contribution in [0.3, 0.4) is 0 Å². The molecular formula is C19H24N4O4. The number of methoxy groups -OCH3 is 2. The van der Waals surface area contributed by atoms with Gasteiger partial charge in [0, 0.05) is 38.1 Å². The first-order valence-corrected chi connectivity index (χ1v) is 8.98. The minimum absolute atomic E-state index is 0.0506. The number of rotatable bonds is 6. The number of carbonyl (C=O) groups excluding carboxylic acids is 1. The molecule has 27 heavy (non-hydrogen) atoms. The Hall–Kier alpha value is -2.74. The molecule has 0 bridgehead atoms. The average molecular weight is 372 g/mol. The van der Waals surface area contributed by atoms with Gasteiger partial charge in [-0.25, -0.2) is 9.78 Å². The van der Waals surface area contributed by atoms with Crippen LogP contribution in [0.2, 0.25) is 0 Å². The predicted molar refractivity (Wildman–Crippen MR) is 97.7 cm³/mol. The van der Waals surface area contributed by atoms with Gasteiger partial charge in [0.05, 0.1) is 20.3 Å². The highest BCUT2D eigenvalue weighted by atomic mass is 16.6. The normalized spacial score (nSPS) is 22.0. The predicted octanol–water partition coefficient (Wildman–Crippen LogP) is 1.94. The maximum atomic E-state index is 12.4. The van der Waals surface area contributed by atoms with E-state index in [0.717, 1.165) is 36.7 Å². The third kappa shape index (κ3) is 3.44. The van der Waals surface area contributed by atoms with E-state index >= 15 is 0 Å². The summed E-state index contributed by atoms with van der Waals surface area (Å²) in [5, 5.41) is 0. The van der Waals surface area contributed by atoms with Gasteiger partial charge in [0.15, 0.2) is 11.5 Å². The SMILES string of the molecule is COc1ccc(CN2C(=O)O[C@@H]3CN(Cc4cnc(C)[nH]4)C[C@@H]32)cc1OC. The summed E-state index contributed by atoms with van der Waals surface area (Å²) in [6.07, 6.45) is 1.51. The van der Waals surface area contributed by atoms with E-state index < -0.39 is 0 Å². The first-order valence-electron chi connectivity index (χ1n) is 8.98. The number of aromatic nitrogens is 2. The van der Waals surface area contributed by atoms with Crippen LogP contribution < -0.4 is 9.47 Å². The Morgan fingerprint density at radius 3 is 2.74 bits per heavy atom. The highest BCUT2D eigenvalue weighted by Gasteiger charge is 2.47. The molecule has 0 aliphatic carbocycles. The minimum Gasteiger partial charge on any atom is -0.493 e. The number of ether oxygens (including phenoxy) is 3. The number of aryl methyl sites for hydroxylation is 1. The molecule has 8 nitrogen and oxygen atoms in total. The number of nitrogens with zero attached hydrogens (tertiary/aromatic N) is 3. The van der Waals surface area contributed by atoms with Gasteiger partial charge in [0.1, 0.15) is 11.9 Å². The van der Waals surface area contributed by atoms with Gasteiger partial charge in [-0.15, -0.1) is 0 Å². The maximum absolute atomic E-state index is 12.4. The molecule has 2 aliphatic heterocycles. The molecule has 4 rings (SSSR count). The summed E-state index contributed by atoms with van der Waals surface area (Å²) in [6, 6.07) is 5.76. The van der Waals surface area contributed by atoms with E-state index in [0.29, 0.717) is 18.0 Å². The number of H-pyrrole nitrogens is 1. The Morgan fingerprint density at radius 2 is 2.04 bits per heavy atom. The third-order valence-electron chi connectivity index (χ3n) is 5.15. The molecule has 2 aliphatic rings. The van der Waals surface area contributed by atoms with Crippen LogP contribution in [0.5, 0.6) is 11.5 Å². The second kappa shape index (κ2) is 7.11. The maximum Gasteiger partial charge on any atom is 0.410 e. The fourth-order valence-electron chi connectivity index (χ4n) is 3.86. The fourth-order valence-corrected chi connectivity index (χ4v) is 3.86. The molecule has 2 atom stereocenters. The number of amides is 1. The van der Waals surface area contributed by atoms with Crippen LogP contribution in [0.15, 0.2) is 24.4 Å². The fraction of sp³-hybridized carbons (Fsp3) is 0.474. The Labute approximate surface area is 158 Å². The van der Waals surface area contributed by atoms with Gasteiger partial charge in [-0.2, -0.15) is 0 Å². The van der Waals surface area contributed by atoms with Crippen molar-refractivity contribution in [2.75, 3.05) is 27.3 Å². The van der Waals surface area contributed by atoms with Crippen molar-refractivity contribution >= 4 is 6.09 Å². The number of benzene rings is 1. The van der Waals surface area contributed by atoms with Crippen molar-refractivity contribution in [2.24, 2.45) is 0 Å². The lowest BCUT2D eigenvalue weighted by Gasteiger charge is -2.22. The lowest BCUT2D eigenvalue weighted by Crippen LogP contribution is -2.37. The third-order valence-corrected chi connectivity index (χ3v) is 5.15. The van der Waals surface area contributed by atoms with Crippen molar-refractivity contribution in [3.8, 4) is 11.5 Å². The summed E-state index contributed by atoms with van der Waals surface area (Å²) in [7, 11) is 3.21. The number of hydrogen-bond acceptors (Lipinski definition) is 6. The summed E-state index contributed by atoms with van der Waals surface area (Å²) < 4.78 is 16.3. The van der Waals surface area contributed by atoms with Crippen LogP contribution in [0.4, 0.5) is 4.79 Å². The molecule has 3 heterocycles. The number of imidazole rings is 1. The summed E-state index contributed by atoms with van der Waals surface area (Å²) in [4.78, 5) is 23.9. The second-order valence-corrected chi connectivity index (χ2v) is 6.99. The monoisotopic (exact) mass is 372 g/mol. The molecule has 1 aromatic heterocycles. The number of hydrogen-bond donors (Lipinski definition) is 1. The van der Waals surface area contributed by atoms with Crippen molar-refractivity contribution in [2.45, 2.75) is 32.2 Å². The molecule has 8 heteroatoms. The summed E-state index contributed by atoms with van der Waals surface area (Å²) in [6.45, 7) is 4.71. The van der Waals surface area contributed by atoms with Gasteiger partial charge < -0.3 is 19.2 Å². The number of aromatic amines is 1. The first kappa shape index (κ1) is 17.7. The number of likely N-dealkylation sites (tertiary alicyclic amines) is 1. The van der Waals surface area contributed by atoms with Crippen molar-refractivity contribution in [1.29, 1.82) is 0 Å². The molecule has 0 saturated carbocycles. The molecule has 144 valence electrons. The van der Waals surface area contributed by atoms with E-state index in [1.54, 1.807) is 14.2 Å². The van der Waals surface area contributed by atoms with Gasteiger partial charge in [0.2, 0.25) is 0 Å². The van der Waals surface area contributed by atoms with Gasteiger partial charge in [0.25, 0.3) is 0 Å². The lowest BCUT2D eigenvalue weighted by molar-refractivity contribution is 0.119. The second-order valence-electron chi connectivity index (χ2n) is 6.99. The van der Waals surface area contributed by atoms with Crippen molar-refractivity contribution in [1.82, 2.24) is 19.8 Å². The Balaban J connectivity index is 1.45. The molecule has 1 amide bonds. The topological polar surface area (TPSA) is 79.9 Å². The number of nitrogens with one attached hydrogen (secondary N) is 1. The Bertz CT molecular complexity index is 837. The minimum atomic E-state index is -0.253. The van der Waals surface area contributed by atoms with Crippen LogP contribution in [0.1, 0.15) is 17.1 Å². The average Bonchev–Trinajstić information content (AvgIpc) is 3.32. The molecule has 1 N–H and O–H groups in total. The highest BCUT2D eigenvalue weighted by Crippen LogP contribution is 2.32.